The molecule has 0 radical (unpaired) electrons. The average molecular weight is 307 g/mol. The number of fused-ring (bicyclic) bond motifs is 1. The minimum absolute atomic E-state index is 0.0122. The first kappa shape index (κ1) is 15.7. The Morgan fingerprint density at radius 3 is 2.76 bits per heavy atom. The molecule has 1 atom stereocenters. The topological polar surface area (TPSA) is 70.2 Å². The largest absolute Gasteiger partial charge is 0.337 e. The van der Waals surface area contributed by atoms with Crippen LogP contribution in [0.2, 0.25) is 0 Å². The zero-order valence-corrected chi connectivity index (χ0v) is 13.6. The standard InChI is InChI=1S/C15H21N3O2S/c1-9-13(19)18-11-7-10(5-6-12(11)21-9)17-14(20)16-8-15(2,3)4/h5-7,9H,8H2,1-4H3,(H,18,19)(H2,16,17,20). The highest BCUT2D eigenvalue weighted by molar-refractivity contribution is 8.00. The first-order valence-corrected chi connectivity index (χ1v) is 7.79. The summed E-state index contributed by atoms with van der Waals surface area (Å²) in [6.45, 7) is 8.63. The van der Waals surface area contributed by atoms with Gasteiger partial charge in [0, 0.05) is 17.1 Å². The third-order valence-corrected chi connectivity index (χ3v) is 4.13. The number of urea groups is 1. The molecule has 1 heterocycles. The van der Waals surface area contributed by atoms with Gasteiger partial charge in [0.25, 0.3) is 0 Å². The Morgan fingerprint density at radius 2 is 2.10 bits per heavy atom. The minimum atomic E-state index is -0.243. The molecule has 0 bridgehead atoms. The van der Waals surface area contributed by atoms with E-state index >= 15 is 0 Å². The van der Waals surface area contributed by atoms with Crippen molar-refractivity contribution in [2.45, 2.75) is 37.8 Å². The second-order valence-corrected chi connectivity index (χ2v) is 7.71. The molecule has 114 valence electrons. The van der Waals surface area contributed by atoms with E-state index in [2.05, 4.69) is 36.7 Å². The van der Waals surface area contributed by atoms with Gasteiger partial charge < -0.3 is 16.0 Å². The summed E-state index contributed by atoms with van der Waals surface area (Å²) in [7, 11) is 0. The summed E-state index contributed by atoms with van der Waals surface area (Å²) in [5.41, 5.74) is 1.45. The molecule has 0 aliphatic carbocycles. The number of rotatable bonds is 2. The van der Waals surface area contributed by atoms with Crippen LogP contribution in [0.1, 0.15) is 27.7 Å². The van der Waals surface area contributed by atoms with Crippen LogP contribution < -0.4 is 16.0 Å². The molecule has 0 aromatic heterocycles. The van der Waals surface area contributed by atoms with Gasteiger partial charge in [-0.1, -0.05) is 20.8 Å². The third-order valence-electron chi connectivity index (χ3n) is 2.95. The van der Waals surface area contributed by atoms with E-state index in [1.54, 1.807) is 6.07 Å². The maximum Gasteiger partial charge on any atom is 0.319 e. The maximum absolute atomic E-state index is 11.8. The Bertz CT molecular complexity index is 567. The number of benzene rings is 1. The van der Waals surface area contributed by atoms with E-state index in [9.17, 15) is 9.59 Å². The van der Waals surface area contributed by atoms with Crippen molar-refractivity contribution in [1.82, 2.24) is 5.32 Å². The number of thioether (sulfide) groups is 1. The molecule has 5 nitrogen and oxygen atoms in total. The number of carbonyl (C=O) groups is 2. The van der Waals surface area contributed by atoms with E-state index in [-0.39, 0.29) is 22.6 Å². The van der Waals surface area contributed by atoms with Crippen molar-refractivity contribution < 1.29 is 9.59 Å². The number of nitrogens with one attached hydrogen (secondary N) is 3. The number of hydrogen-bond donors (Lipinski definition) is 3. The Balaban J connectivity index is 2.01. The van der Waals surface area contributed by atoms with Gasteiger partial charge in [-0.2, -0.15) is 0 Å². The summed E-state index contributed by atoms with van der Waals surface area (Å²) in [6, 6.07) is 5.29. The second-order valence-electron chi connectivity index (χ2n) is 6.33. The van der Waals surface area contributed by atoms with Crippen LogP contribution in [0.5, 0.6) is 0 Å². The maximum atomic E-state index is 11.8. The molecule has 0 fully saturated rings. The van der Waals surface area contributed by atoms with Gasteiger partial charge in [-0.25, -0.2) is 4.79 Å². The SMILES string of the molecule is CC1Sc2ccc(NC(=O)NCC(C)(C)C)cc2NC1=O. The molecule has 0 saturated carbocycles. The summed E-state index contributed by atoms with van der Waals surface area (Å²) in [4.78, 5) is 24.5. The van der Waals surface area contributed by atoms with Crippen LogP contribution in [0, 0.1) is 5.41 Å². The molecular weight excluding hydrogens is 286 g/mol. The lowest BCUT2D eigenvalue weighted by Gasteiger charge is -2.22. The average Bonchev–Trinajstić information content (AvgIpc) is 2.37. The molecule has 3 amide bonds. The van der Waals surface area contributed by atoms with Crippen LogP contribution in [0.25, 0.3) is 0 Å². The number of carbonyl (C=O) groups excluding carboxylic acids is 2. The molecule has 3 N–H and O–H groups in total. The first-order chi connectivity index (χ1) is 9.74. The highest BCUT2D eigenvalue weighted by Gasteiger charge is 2.23. The predicted octanol–water partition coefficient (Wildman–Crippen LogP) is 3.29. The van der Waals surface area contributed by atoms with E-state index in [4.69, 9.17) is 0 Å². The lowest BCUT2D eigenvalue weighted by Crippen LogP contribution is -2.35. The van der Waals surface area contributed by atoms with Crippen LogP contribution in [0.3, 0.4) is 0 Å². The van der Waals surface area contributed by atoms with Gasteiger partial charge >= 0.3 is 6.03 Å². The quantitative estimate of drug-likeness (QED) is 0.785. The fourth-order valence-corrected chi connectivity index (χ4v) is 2.74. The van der Waals surface area contributed by atoms with E-state index in [0.29, 0.717) is 12.2 Å². The van der Waals surface area contributed by atoms with Crippen molar-refractivity contribution in [3.05, 3.63) is 18.2 Å². The zero-order chi connectivity index (χ0) is 15.6. The smallest absolute Gasteiger partial charge is 0.319 e. The van der Waals surface area contributed by atoms with E-state index in [1.165, 1.54) is 11.8 Å². The highest BCUT2D eigenvalue weighted by atomic mass is 32.2. The molecular formula is C15H21N3O2S. The molecule has 1 aromatic carbocycles. The molecule has 1 unspecified atom stereocenters. The third kappa shape index (κ3) is 4.39. The Kier molecular flexibility index (Phi) is 4.46. The number of hydrogen-bond acceptors (Lipinski definition) is 3. The zero-order valence-electron chi connectivity index (χ0n) is 12.7. The Morgan fingerprint density at radius 1 is 1.38 bits per heavy atom. The summed E-state index contributed by atoms with van der Waals surface area (Å²) in [6.07, 6.45) is 0. The lowest BCUT2D eigenvalue weighted by atomic mass is 9.97. The lowest BCUT2D eigenvalue weighted by molar-refractivity contribution is -0.115. The molecule has 21 heavy (non-hydrogen) atoms. The summed E-state index contributed by atoms with van der Waals surface area (Å²) >= 11 is 1.52. The van der Waals surface area contributed by atoms with Crippen molar-refractivity contribution in [3.8, 4) is 0 Å². The van der Waals surface area contributed by atoms with Gasteiger partial charge in [-0.15, -0.1) is 11.8 Å². The molecule has 6 heteroatoms. The fourth-order valence-electron chi connectivity index (χ4n) is 1.81. The van der Waals surface area contributed by atoms with Gasteiger partial charge in [-0.05, 0) is 30.5 Å². The first-order valence-electron chi connectivity index (χ1n) is 6.91. The predicted molar refractivity (Wildman–Crippen MR) is 86.9 cm³/mol. The highest BCUT2D eigenvalue weighted by Crippen LogP contribution is 2.36. The van der Waals surface area contributed by atoms with Gasteiger partial charge in [0.2, 0.25) is 5.91 Å². The van der Waals surface area contributed by atoms with Gasteiger partial charge in [0.15, 0.2) is 0 Å². The van der Waals surface area contributed by atoms with Crippen molar-refractivity contribution >= 4 is 35.1 Å². The van der Waals surface area contributed by atoms with Gasteiger partial charge in [-0.3, -0.25) is 4.79 Å². The van der Waals surface area contributed by atoms with Gasteiger partial charge in [0.05, 0.1) is 10.9 Å². The monoisotopic (exact) mass is 307 g/mol. The second kappa shape index (κ2) is 5.97. The summed E-state index contributed by atoms with van der Waals surface area (Å²) < 4.78 is 0. The normalized spacial score (nSPS) is 17.7. The molecule has 0 spiro atoms. The Labute approximate surface area is 129 Å². The van der Waals surface area contributed by atoms with E-state index in [0.717, 1.165) is 10.6 Å². The van der Waals surface area contributed by atoms with Crippen molar-refractivity contribution in [2.24, 2.45) is 5.41 Å². The van der Waals surface area contributed by atoms with Crippen LogP contribution in [-0.4, -0.2) is 23.7 Å². The van der Waals surface area contributed by atoms with Crippen molar-refractivity contribution in [1.29, 1.82) is 0 Å². The number of amides is 3. The molecule has 1 aliphatic rings. The van der Waals surface area contributed by atoms with Crippen LogP contribution in [0.15, 0.2) is 23.1 Å². The molecule has 1 aromatic rings. The van der Waals surface area contributed by atoms with Crippen molar-refractivity contribution in [3.63, 3.8) is 0 Å². The molecule has 1 aliphatic heterocycles. The van der Waals surface area contributed by atoms with E-state index in [1.807, 2.05) is 19.1 Å². The molecule has 0 saturated heterocycles. The van der Waals surface area contributed by atoms with Crippen molar-refractivity contribution in [2.75, 3.05) is 17.2 Å². The fraction of sp³-hybridized carbons (Fsp3) is 0.467. The summed E-state index contributed by atoms with van der Waals surface area (Å²) in [5, 5.41) is 8.36. The molecule has 2 rings (SSSR count). The van der Waals surface area contributed by atoms with Crippen LogP contribution in [0.4, 0.5) is 16.2 Å². The summed E-state index contributed by atoms with van der Waals surface area (Å²) in [5.74, 6) is -0.0122. The Hall–Kier alpha value is -1.69. The van der Waals surface area contributed by atoms with Gasteiger partial charge in [0.1, 0.15) is 0 Å². The van der Waals surface area contributed by atoms with Crippen LogP contribution in [-0.2, 0) is 4.79 Å². The number of anilines is 2. The minimum Gasteiger partial charge on any atom is -0.337 e. The van der Waals surface area contributed by atoms with E-state index < -0.39 is 0 Å². The van der Waals surface area contributed by atoms with Crippen LogP contribution >= 0.6 is 11.8 Å².